The molecule has 0 atom stereocenters. The molecule has 0 radical (unpaired) electrons. The second-order valence-electron chi connectivity index (χ2n) is 5.26. The zero-order chi connectivity index (χ0) is 13.2. The van der Waals surface area contributed by atoms with Crippen molar-refractivity contribution in [3.05, 3.63) is 35.2 Å². The number of fused-ring (bicyclic) bond motifs is 1. The normalized spacial score (nSPS) is 14.6. The molecule has 5 heteroatoms. The molecular weight excluding hydrogens is 238 g/mol. The minimum absolute atomic E-state index is 0.916. The summed E-state index contributed by atoms with van der Waals surface area (Å²) in [5, 5.41) is 7.85. The van der Waals surface area contributed by atoms with Gasteiger partial charge in [0.05, 0.1) is 17.7 Å². The fraction of sp³-hybridized carbons (Fsp3) is 0.571. The maximum Gasteiger partial charge on any atom is 0.0952 e. The van der Waals surface area contributed by atoms with Crippen molar-refractivity contribution in [3.8, 4) is 0 Å². The molecule has 3 heterocycles. The average Bonchev–Trinajstić information content (AvgIpc) is 2.94. The van der Waals surface area contributed by atoms with Gasteiger partial charge in [0.1, 0.15) is 0 Å². The Hall–Kier alpha value is -1.62. The third kappa shape index (κ3) is 2.56. The van der Waals surface area contributed by atoms with Gasteiger partial charge in [-0.25, -0.2) is 4.98 Å². The van der Waals surface area contributed by atoms with Crippen LogP contribution in [-0.4, -0.2) is 25.9 Å². The molecule has 0 amide bonds. The lowest BCUT2D eigenvalue weighted by Crippen LogP contribution is -2.25. The molecule has 19 heavy (non-hydrogen) atoms. The fourth-order valence-corrected chi connectivity index (χ4v) is 2.78. The highest BCUT2D eigenvalue weighted by Crippen LogP contribution is 2.13. The highest BCUT2D eigenvalue weighted by Gasteiger charge is 2.14. The summed E-state index contributed by atoms with van der Waals surface area (Å²) in [5.41, 5.74) is 4.97. The minimum atomic E-state index is 0.916. The van der Waals surface area contributed by atoms with E-state index in [9.17, 15) is 0 Å². The van der Waals surface area contributed by atoms with Crippen molar-refractivity contribution < 1.29 is 0 Å². The molecule has 5 nitrogen and oxygen atoms in total. The van der Waals surface area contributed by atoms with Gasteiger partial charge in [-0.2, -0.15) is 5.10 Å². The van der Waals surface area contributed by atoms with Crippen molar-refractivity contribution in [2.24, 2.45) is 0 Å². The summed E-state index contributed by atoms with van der Waals surface area (Å²) in [6.45, 7) is 8.15. The van der Waals surface area contributed by atoms with Crippen LogP contribution in [0.3, 0.4) is 0 Å². The van der Waals surface area contributed by atoms with Crippen LogP contribution < -0.4 is 5.32 Å². The Morgan fingerprint density at radius 1 is 1.32 bits per heavy atom. The molecular formula is C14H21N5. The van der Waals surface area contributed by atoms with Gasteiger partial charge in [0, 0.05) is 44.0 Å². The zero-order valence-electron chi connectivity index (χ0n) is 11.7. The van der Waals surface area contributed by atoms with E-state index in [0.717, 1.165) is 44.7 Å². The number of aryl methyl sites for hydroxylation is 4. The first-order chi connectivity index (χ1) is 9.24. The Labute approximate surface area is 113 Å². The lowest BCUT2D eigenvalue weighted by atomic mass is 10.2. The quantitative estimate of drug-likeness (QED) is 0.903. The second-order valence-corrected chi connectivity index (χ2v) is 5.26. The molecule has 2 aromatic heterocycles. The van der Waals surface area contributed by atoms with E-state index in [1.165, 1.54) is 17.1 Å². The summed E-state index contributed by atoms with van der Waals surface area (Å²) in [4.78, 5) is 4.48. The van der Waals surface area contributed by atoms with E-state index < -0.39 is 0 Å². The van der Waals surface area contributed by atoms with Gasteiger partial charge in [-0.15, -0.1) is 0 Å². The largest absolute Gasteiger partial charge is 0.334 e. The summed E-state index contributed by atoms with van der Waals surface area (Å²) >= 11 is 0. The summed E-state index contributed by atoms with van der Waals surface area (Å²) < 4.78 is 4.40. The molecule has 0 saturated carbocycles. The lowest BCUT2D eigenvalue weighted by molar-refractivity contribution is 0.502. The van der Waals surface area contributed by atoms with Crippen LogP contribution in [0.1, 0.15) is 29.2 Å². The van der Waals surface area contributed by atoms with Crippen LogP contribution in [0.5, 0.6) is 0 Å². The highest BCUT2D eigenvalue weighted by molar-refractivity contribution is 5.16. The summed E-state index contributed by atoms with van der Waals surface area (Å²) in [7, 11) is 0. The molecule has 0 saturated heterocycles. The van der Waals surface area contributed by atoms with Gasteiger partial charge in [0.2, 0.25) is 0 Å². The van der Waals surface area contributed by atoms with Crippen LogP contribution in [0.2, 0.25) is 0 Å². The van der Waals surface area contributed by atoms with Gasteiger partial charge in [0.25, 0.3) is 0 Å². The zero-order valence-corrected chi connectivity index (χ0v) is 11.7. The van der Waals surface area contributed by atoms with E-state index in [0.29, 0.717) is 0 Å². The van der Waals surface area contributed by atoms with Crippen molar-refractivity contribution in [1.29, 1.82) is 0 Å². The first kappa shape index (κ1) is 12.4. The van der Waals surface area contributed by atoms with Gasteiger partial charge < -0.3 is 9.88 Å². The molecule has 1 aliphatic rings. The molecule has 0 aromatic carbocycles. The molecule has 102 valence electrons. The van der Waals surface area contributed by atoms with E-state index in [1.807, 2.05) is 13.3 Å². The molecule has 2 aromatic rings. The molecule has 3 rings (SSSR count). The first-order valence-electron chi connectivity index (χ1n) is 6.98. The van der Waals surface area contributed by atoms with E-state index in [-0.39, 0.29) is 0 Å². The number of nitrogens with zero attached hydrogens (tertiary/aromatic N) is 4. The molecule has 0 bridgehead atoms. The second kappa shape index (κ2) is 5.17. The van der Waals surface area contributed by atoms with Crippen molar-refractivity contribution in [1.82, 2.24) is 24.6 Å². The molecule has 0 spiro atoms. The Morgan fingerprint density at radius 2 is 2.21 bits per heavy atom. The Kier molecular flexibility index (Phi) is 3.38. The number of hydrogen-bond donors (Lipinski definition) is 1. The standard InChI is InChI=1S/C14H21N5/c1-11-8-12(2)19(17-11)7-3-6-18-10-16-13-9-15-5-4-14(13)18/h8,10,15H,3-7,9H2,1-2H3. The Bertz CT molecular complexity index is 566. The van der Waals surface area contributed by atoms with Crippen molar-refractivity contribution in [2.45, 2.75) is 46.3 Å². The molecule has 0 unspecified atom stereocenters. The topological polar surface area (TPSA) is 47.7 Å². The van der Waals surface area contributed by atoms with Crippen LogP contribution in [0, 0.1) is 13.8 Å². The third-order valence-corrected chi connectivity index (χ3v) is 3.74. The smallest absolute Gasteiger partial charge is 0.0952 e. The van der Waals surface area contributed by atoms with Crippen LogP contribution in [0.25, 0.3) is 0 Å². The van der Waals surface area contributed by atoms with Crippen LogP contribution in [-0.2, 0) is 26.1 Å². The fourth-order valence-electron chi connectivity index (χ4n) is 2.78. The average molecular weight is 259 g/mol. The Morgan fingerprint density at radius 3 is 3.00 bits per heavy atom. The molecule has 0 fully saturated rings. The van der Waals surface area contributed by atoms with Crippen LogP contribution in [0.4, 0.5) is 0 Å². The number of hydrogen-bond acceptors (Lipinski definition) is 3. The predicted octanol–water partition coefficient (Wildman–Crippen LogP) is 1.43. The maximum absolute atomic E-state index is 4.50. The Balaban J connectivity index is 1.61. The maximum atomic E-state index is 4.50. The van der Waals surface area contributed by atoms with Crippen molar-refractivity contribution in [2.75, 3.05) is 6.54 Å². The summed E-state index contributed by atoms with van der Waals surface area (Å²) in [5.74, 6) is 0. The van der Waals surface area contributed by atoms with Crippen LogP contribution >= 0.6 is 0 Å². The van der Waals surface area contributed by atoms with Gasteiger partial charge in [-0.3, -0.25) is 4.68 Å². The predicted molar refractivity (Wildman–Crippen MR) is 74.0 cm³/mol. The number of rotatable bonds is 4. The summed E-state index contributed by atoms with van der Waals surface area (Å²) in [6, 6.07) is 2.13. The summed E-state index contributed by atoms with van der Waals surface area (Å²) in [6.07, 6.45) is 4.17. The molecule has 0 aliphatic carbocycles. The first-order valence-corrected chi connectivity index (χ1v) is 6.98. The van der Waals surface area contributed by atoms with E-state index in [4.69, 9.17) is 0 Å². The van der Waals surface area contributed by atoms with Crippen molar-refractivity contribution >= 4 is 0 Å². The minimum Gasteiger partial charge on any atom is -0.334 e. The van der Waals surface area contributed by atoms with Gasteiger partial charge in [-0.1, -0.05) is 0 Å². The van der Waals surface area contributed by atoms with Gasteiger partial charge in [0.15, 0.2) is 0 Å². The lowest BCUT2D eigenvalue weighted by Gasteiger charge is -2.15. The van der Waals surface area contributed by atoms with Gasteiger partial charge >= 0.3 is 0 Å². The van der Waals surface area contributed by atoms with Crippen LogP contribution in [0.15, 0.2) is 12.4 Å². The third-order valence-electron chi connectivity index (χ3n) is 3.74. The number of nitrogens with one attached hydrogen (secondary N) is 1. The highest BCUT2D eigenvalue weighted by atomic mass is 15.3. The van der Waals surface area contributed by atoms with Crippen molar-refractivity contribution in [3.63, 3.8) is 0 Å². The van der Waals surface area contributed by atoms with Gasteiger partial charge in [-0.05, 0) is 26.3 Å². The molecule has 1 aliphatic heterocycles. The monoisotopic (exact) mass is 259 g/mol. The van der Waals surface area contributed by atoms with E-state index in [2.05, 4.69) is 37.6 Å². The SMILES string of the molecule is Cc1cc(C)n(CCCn2cnc3c2CCNC3)n1. The van der Waals surface area contributed by atoms with E-state index >= 15 is 0 Å². The number of aromatic nitrogens is 4. The number of imidazole rings is 1. The van der Waals surface area contributed by atoms with E-state index in [1.54, 1.807) is 0 Å². The molecule has 1 N–H and O–H groups in total.